The highest BCUT2D eigenvalue weighted by atomic mass is 15.0. The second kappa shape index (κ2) is 3.55. The summed E-state index contributed by atoms with van der Waals surface area (Å²) in [6.45, 7) is 9.10. The Morgan fingerprint density at radius 1 is 1.47 bits per heavy atom. The molecule has 0 saturated carbocycles. The Kier molecular flexibility index (Phi) is 2.49. The van der Waals surface area contributed by atoms with E-state index in [4.69, 9.17) is 0 Å². The van der Waals surface area contributed by atoms with E-state index in [1.54, 1.807) is 0 Å². The molecule has 82 valence electrons. The Morgan fingerprint density at radius 3 is 2.87 bits per heavy atom. The van der Waals surface area contributed by atoms with E-state index in [2.05, 4.69) is 51.2 Å². The number of anilines is 1. The van der Waals surface area contributed by atoms with Gasteiger partial charge in [0.25, 0.3) is 0 Å². The fourth-order valence-corrected chi connectivity index (χ4v) is 2.60. The van der Waals surface area contributed by atoms with Crippen molar-refractivity contribution in [3.05, 3.63) is 29.3 Å². The van der Waals surface area contributed by atoms with Crippen molar-refractivity contribution in [2.45, 2.75) is 52.0 Å². The van der Waals surface area contributed by atoms with Crippen LogP contribution in [0.3, 0.4) is 0 Å². The van der Waals surface area contributed by atoms with Gasteiger partial charge < -0.3 is 5.32 Å². The summed E-state index contributed by atoms with van der Waals surface area (Å²) in [5, 5.41) is 3.68. The van der Waals surface area contributed by atoms with E-state index in [-0.39, 0.29) is 5.54 Å². The minimum absolute atomic E-state index is 0.279. The predicted molar refractivity (Wildman–Crippen MR) is 66.5 cm³/mol. The lowest BCUT2D eigenvalue weighted by atomic mass is 9.79. The zero-order valence-electron chi connectivity index (χ0n) is 10.2. The molecule has 1 heteroatoms. The lowest BCUT2D eigenvalue weighted by Crippen LogP contribution is -2.39. The summed E-state index contributed by atoms with van der Waals surface area (Å²) in [5.74, 6) is 0.672. The Bertz CT molecular complexity index is 370. The second-order valence-corrected chi connectivity index (χ2v) is 5.24. The van der Waals surface area contributed by atoms with Crippen LogP contribution in [-0.4, -0.2) is 5.54 Å². The van der Waals surface area contributed by atoms with E-state index in [1.807, 2.05) is 0 Å². The quantitative estimate of drug-likeness (QED) is 0.725. The molecule has 0 aromatic heterocycles. The monoisotopic (exact) mass is 203 g/mol. The molecule has 1 N–H and O–H groups in total. The van der Waals surface area contributed by atoms with Crippen molar-refractivity contribution in [2.24, 2.45) is 0 Å². The van der Waals surface area contributed by atoms with Gasteiger partial charge in [-0.05, 0) is 44.2 Å². The van der Waals surface area contributed by atoms with Gasteiger partial charge in [-0.2, -0.15) is 0 Å². The fraction of sp³-hybridized carbons (Fsp3) is 0.571. The van der Waals surface area contributed by atoms with E-state index in [0.29, 0.717) is 5.92 Å². The van der Waals surface area contributed by atoms with Crippen LogP contribution in [0, 0.1) is 6.92 Å². The van der Waals surface area contributed by atoms with Crippen molar-refractivity contribution < 1.29 is 0 Å². The molecule has 0 saturated heterocycles. The van der Waals surface area contributed by atoms with Gasteiger partial charge in [0.2, 0.25) is 0 Å². The standard InChI is InChI=1S/C14H21N/c1-5-14(4)9-11(3)12-8-10(2)6-7-13(12)15-14/h6-8,11,15H,5,9H2,1-4H3. The van der Waals surface area contributed by atoms with Gasteiger partial charge in [0.05, 0.1) is 0 Å². The minimum Gasteiger partial charge on any atom is -0.380 e. The van der Waals surface area contributed by atoms with Crippen molar-refractivity contribution in [1.29, 1.82) is 0 Å². The lowest BCUT2D eigenvalue weighted by Gasteiger charge is -2.40. The van der Waals surface area contributed by atoms with Crippen LogP contribution in [0.4, 0.5) is 5.69 Å². The highest BCUT2D eigenvalue weighted by molar-refractivity contribution is 5.58. The summed E-state index contributed by atoms with van der Waals surface area (Å²) < 4.78 is 0. The number of nitrogens with one attached hydrogen (secondary N) is 1. The topological polar surface area (TPSA) is 12.0 Å². The van der Waals surface area contributed by atoms with Crippen molar-refractivity contribution in [3.63, 3.8) is 0 Å². The third-order valence-electron chi connectivity index (χ3n) is 3.71. The average molecular weight is 203 g/mol. The SMILES string of the molecule is CCC1(C)CC(C)c2cc(C)ccc2N1. The van der Waals surface area contributed by atoms with Crippen LogP contribution in [-0.2, 0) is 0 Å². The van der Waals surface area contributed by atoms with E-state index < -0.39 is 0 Å². The number of rotatable bonds is 1. The van der Waals surface area contributed by atoms with Gasteiger partial charge in [-0.25, -0.2) is 0 Å². The van der Waals surface area contributed by atoms with Gasteiger partial charge in [0.1, 0.15) is 0 Å². The number of hydrogen-bond donors (Lipinski definition) is 1. The summed E-state index contributed by atoms with van der Waals surface area (Å²) in [6.07, 6.45) is 2.42. The Hall–Kier alpha value is -0.980. The molecule has 1 aliphatic heterocycles. The molecule has 0 spiro atoms. The van der Waals surface area contributed by atoms with Gasteiger partial charge >= 0.3 is 0 Å². The van der Waals surface area contributed by atoms with Crippen LogP contribution in [0.2, 0.25) is 0 Å². The molecule has 1 aromatic carbocycles. The molecule has 2 atom stereocenters. The van der Waals surface area contributed by atoms with E-state index in [1.165, 1.54) is 29.7 Å². The Morgan fingerprint density at radius 2 is 2.20 bits per heavy atom. The van der Waals surface area contributed by atoms with Gasteiger partial charge in [-0.3, -0.25) is 0 Å². The Balaban J connectivity index is 2.41. The van der Waals surface area contributed by atoms with Gasteiger partial charge in [-0.15, -0.1) is 0 Å². The second-order valence-electron chi connectivity index (χ2n) is 5.24. The van der Waals surface area contributed by atoms with Crippen LogP contribution in [0.1, 0.15) is 50.7 Å². The van der Waals surface area contributed by atoms with Crippen LogP contribution >= 0.6 is 0 Å². The molecular weight excluding hydrogens is 182 g/mol. The third-order valence-corrected chi connectivity index (χ3v) is 3.71. The van der Waals surface area contributed by atoms with E-state index in [0.717, 1.165) is 0 Å². The van der Waals surface area contributed by atoms with Crippen molar-refractivity contribution >= 4 is 5.69 Å². The normalized spacial score (nSPS) is 29.5. The molecule has 1 aliphatic rings. The molecule has 0 aliphatic carbocycles. The molecule has 1 nitrogen and oxygen atoms in total. The van der Waals surface area contributed by atoms with Crippen LogP contribution in [0.25, 0.3) is 0 Å². The molecule has 0 fully saturated rings. The summed E-state index contributed by atoms with van der Waals surface area (Å²) in [5.41, 5.74) is 4.47. The van der Waals surface area contributed by atoms with Crippen molar-refractivity contribution in [1.82, 2.24) is 0 Å². The smallest absolute Gasteiger partial charge is 0.0379 e. The summed E-state index contributed by atoms with van der Waals surface area (Å²) in [7, 11) is 0. The zero-order valence-corrected chi connectivity index (χ0v) is 10.2. The fourth-order valence-electron chi connectivity index (χ4n) is 2.60. The van der Waals surface area contributed by atoms with E-state index >= 15 is 0 Å². The van der Waals surface area contributed by atoms with Crippen LogP contribution < -0.4 is 5.32 Å². The maximum absolute atomic E-state index is 3.68. The largest absolute Gasteiger partial charge is 0.380 e. The molecule has 1 heterocycles. The van der Waals surface area contributed by atoms with Crippen molar-refractivity contribution in [3.8, 4) is 0 Å². The summed E-state index contributed by atoms with van der Waals surface area (Å²) >= 11 is 0. The molecule has 2 unspecified atom stereocenters. The molecule has 0 radical (unpaired) electrons. The van der Waals surface area contributed by atoms with Crippen LogP contribution in [0.5, 0.6) is 0 Å². The molecule has 0 bridgehead atoms. The first kappa shape index (κ1) is 10.5. The number of hydrogen-bond acceptors (Lipinski definition) is 1. The average Bonchev–Trinajstić information content (AvgIpc) is 2.20. The molecule has 0 amide bonds. The molecular formula is C14H21N. The van der Waals surface area contributed by atoms with Gasteiger partial charge in [0.15, 0.2) is 0 Å². The maximum atomic E-state index is 3.68. The summed E-state index contributed by atoms with van der Waals surface area (Å²) in [6, 6.07) is 6.75. The highest BCUT2D eigenvalue weighted by Crippen LogP contribution is 2.40. The first-order valence-corrected chi connectivity index (χ1v) is 5.93. The third kappa shape index (κ3) is 1.88. The van der Waals surface area contributed by atoms with Crippen LogP contribution in [0.15, 0.2) is 18.2 Å². The first-order valence-electron chi connectivity index (χ1n) is 5.93. The van der Waals surface area contributed by atoms with E-state index in [9.17, 15) is 0 Å². The lowest BCUT2D eigenvalue weighted by molar-refractivity contribution is 0.407. The highest BCUT2D eigenvalue weighted by Gasteiger charge is 2.31. The molecule has 15 heavy (non-hydrogen) atoms. The van der Waals surface area contributed by atoms with Crippen molar-refractivity contribution in [2.75, 3.05) is 5.32 Å². The summed E-state index contributed by atoms with van der Waals surface area (Å²) in [4.78, 5) is 0. The maximum Gasteiger partial charge on any atom is 0.0379 e. The Labute approximate surface area is 92.9 Å². The predicted octanol–water partition coefficient (Wildman–Crippen LogP) is 4.08. The molecule has 2 rings (SSSR count). The molecule has 1 aromatic rings. The minimum atomic E-state index is 0.279. The zero-order chi connectivity index (χ0) is 11.1. The first-order chi connectivity index (χ1) is 7.04. The van der Waals surface area contributed by atoms with Gasteiger partial charge in [0, 0.05) is 11.2 Å². The van der Waals surface area contributed by atoms with Gasteiger partial charge in [-0.1, -0.05) is 31.5 Å². The number of fused-ring (bicyclic) bond motifs is 1. The number of benzene rings is 1. The number of aryl methyl sites for hydroxylation is 1.